The normalized spacial score (nSPS) is 14.3. The molecule has 0 amide bonds. The summed E-state index contributed by atoms with van der Waals surface area (Å²) >= 11 is 0. The van der Waals surface area contributed by atoms with Crippen LogP contribution in [0.5, 0.6) is 0 Å². The van der Waals surface area contributed by atoms with E-state index in [4.69, 9.17) is 0 Å². The zero-order chi connectivity index (χ0) is 9.07. The van der Waals surface area contributed by atoms with Gasteiger partial charge in [-0.3, -0.25) is 4.21 Å². The third kappa shape index (κ3) is 5.19. The molecule has 2 heteroatoms. The fourth-order valence-corrected chi connectivity index (χ4v) is 1.48. The highest BCUT2D eigenvalue weighted by molar-refractivity contribution is 7.86. The summed E-state index contributed by atoms with van der Waals surface area (Å²) in [5.74, 6) is 0.686. The highest BCUT2D eigenvalue weighted by Crippen LogP contribution is 2.11. The van der Waals surface area contributed by atoms with E-state index in [-0.39, 0.29) is 4.75 Å². The maximum Gasteiger partial charge on any atom is 0.0423 e. The lowest BCUT2D eigenvalue weighted by Gasteiger charge is -2.16. The minimum Gasteiger partial charge on any atom is -0.259 e. The van der Waals surface area contributed by atoms with Crippen LogP contribution in [0.4, 0.5) is 0 Å². The smallest absolute Gasteiger partial charge is 0.0423 e. The highest BCUT2D eigenvalue weighted by atomic mass is 32.2. The van der Waals surface area contributed by atoms with Crippen molar-refractivity contribution in [2.45, 2.75) is 39.4 Å². The van der Waals surface area contributed by atoms with E-state index < -0.39 is 10.8 Å². The first-order valence-electron chi connectivity index (χ1n) is 3.86. The molecule has 0 aliphatic rings. The molecule has 11 heavy (non-hydrogen) atoms. The van der Waals surface area contributed by atoms with Crippen LogP contribution in [0.2, 0.25) is 0 Å². The van der Waals surface area contributed by atoms with Gasteiger partial charge in [-0.25, -0.2) is 0 Å². The summed E-state index contributed by atoms with van der Waals surface area (Å²) in [5, 5.41) is 0. The molecule has 1 nitrogen and oxygen atoms in total. The Hall–Kier alpha value is -0.110. The quantitative estimate of drug-likeness (QED) is 0.588. The Balaban J connectivity index is 4.01. The van der Waals surface area contributed by atoms with Crippen molar-refractivity contribution in [3.8, 4) is 0 Å². The van der Waals surface area contributed by atoms with E-state index in [1.807, 2.05) is 40.7 Å². The Bertz CT molecular complexity index is 170. The lowest BCUT2D eigenvalue weighted by atomic mass is 10.3. The highest BCUT2D eigenvalue weighted by Gasteiger charge is 2.17. The lowest BCUT2D eigenvalue weighted by Crippen LogP contribution is -2.23. The van der Waals surface area contributed by atoms with Gasteiger partial charge in [0, 0.05) is 21.3 Å². The molecule has 0 aliphatic carbocycles. The summed E-state index contributed by atoms with van der Waals surface area (Å²) in [7, 11) is -0.734. The predicted octanol–water partition coefficient (Wildman–Crippen LogP) is 2.50. The van der Waals surface area contributed by atoms with E-state index in [0.717, 1.165) is 0 Å². The summed E-state index contributed by atoms with van der Waals surface area (Å²) in [6.07, 6.45) is 2.03. The van der Waals surface area contributed by atoms with Gasteiger partial charge < -0.3 is 0 Å². The van der Waals surface area contributed by atoms with Crippen molar-refractivity contribution in [1.29, 1.82) is 0 Å². The van der Waals surface area contributed by atoms with Gasteiger partial charge in [-0.15, -0.1) is 0 Å². The Kier molecular flexibility index (Phi) is 4.01. The molecule has 0 saturated carbocycles. The van der Waals surface area contributed by atoms with Crippen LogP contribution < -0.4 is 0 Å². The molecular formula is C9H18OS. The standard InChI is InChI=1S/C9H18OS/c1-8(2)6-7-11(10)9(3,4)5/h6H,7H2,1-5H3. The first-order chi connectivity index (χ1) is 4.84. The Morgan fingerprint density at radius 2 is 1.82 bits per heavy atom. The fourth-order valence-electron chi connectivity index (χ4n) is 0.492. The van der Waals surface area contributed by atoms with Gasteiger partial charge in [0.1, 0.15) is 0 Å². The molecule has 1 atom stereocenters. The average molecular weight is 174 g/mol. The molecule has 66 valence electrons. The van der Waals surface area contributed by atoms with Crippen molar-refractivity contribution in [1.82, 2.24) is 0 Å². The number of allylic oxidation sites excluding steroid dienone is 1. The molecule has 0 fully saturated rings. The summed E-state index contributed by atoms with van der Waals surface area (Å²) in [6.45, 7) is 10.1. The van der Waals surface area contributed by atoms with Crippen LogP contribution in [-0.2, 0) is 10.8 Å². The third-order valence-corrected chi connectivity index (χ3v) is 3.16. The second kappa shape index (κ2) is 4.05. The molecule has 0 spiro atoms. The van der Waals surface area contributed by atoms with E-state index in [0.29, 0.717) is 5.75 Å². The topological polar surface area (TPSA) is 17.1 Å². The van der Waals surface area contributed by atoms with Gasteiger partial charge >= 0.3 is 0 Å². The maximum atomic E-state index is 11.4. The molecule has 0 N–H and O–H groups in total. The van der Waals surface area contributed by atoms with Gasteiger partial charge in [-0.1, -0.05) is 11.6 Å². The van der Waals surface area contributed by atoms with Crippen molar-refractivity contribution < 1.29 is 4.21 Å². The maximum absolute atomic E-state index is 11.4. The molecule has 0 aromatic carbocycles. The summed E-state index contributed by atoms with van der Waals surface area (Å²) in [5.41, 5.74) is 1.24. The predicted molar refractivity (Wildman–Crippen MR) is 52.2 cm³/mol. The largest absolute Gasteiger partial charge is 0.259 e. The van der Waals surface area contributed by atoms with Crippen LogP contribution in [0.15, 0.2) is 11.6 Å². The van der Waals surface area contributed by atoms with Crippen molar-refractivity contribution in [3.63, 3.8) is 0 Å². The summed E-state index contributed by atoms with van der Waals surface area (Å²) in [4.78, 5) is 0. The Labute approximate surface area is 72.3 Å². The van der Waals surface area contributed by atoms with Crippen molar-refractivity contribution in [2.75, 3.05) is 5.75 Å². The fraction of sp³-hybridized carbons (Fsp3) is 0.778. The van der Waals surface area contributed by atoms with Crippen molar-refractivity contribution >= 4 is 10.8 Å². The molecule has 0 heterocycles. The second-order valence-electron chi connectivity index (χ2n) is 3.91. The Morgan fingerprint density at radius 1 is 1.36 bits per heavy atom. The average Bonchev–Trinajstić information content (AvgIpc) is 1.80. The molecule has 1 unspecified atom stereocenters. The van der Waals surface area contributed by atoms with Crippen LogP contribution in [-0.4, -0.2) is 14.7 Å². The van der Waals surface area contributed by atoms with E-state index in [2.05, 4.69) is 0 Å². The zero-order valence-corrected chi connectivity index (χ0v) is 8.92. The molecule has 0 radical (unpaired) electrons. The van der Waals surface area contributed by atoms with Gasteiger partial charge in [-0.05, 0) is 34.6 Å². The van der Waals surface area contributed by atoms with Crippen LogP contribution in [0.3, 0.4) is 0 Å². The Morgan fingerprint density at radius 3 is 2.09 bits per heavy atom. The summed E-state index contributed by atoms with van der Waals surface area (Å²) < 4.78 is 11.4. The molecule has 0 aromatic rings. The SMILES string of the molecule is CC(C)=CCS(=O)C(C)(C)C. The number of hydrogen-bond donors (Lipinski definition) is 0. The van der Waals surface area contributed by atoms with E-state index in [9.17, 15) is 4.21 Å². The van der Waals surface area contributed by atoms with Crippen molar-refractivity contribution in [2.24, 2.45) is 0 Å². The van der Waals surface area contributed by atoms with Gasteiger partial charge in [-0.2, -0.15) is 0 Å². The molecule has 0 aliphatic heterocycles. The first-order valence-corrected chi connectivity index (χ1v) is 5.18. The zero-order valence-electron chi connectivity index (χ0n) is 8.10. The molecular weight excluding hydrogens is 156 g/mol. The molecule has 0 aromatic heterocycles. The monoisotopic (exact) mass is 174 g/mol. The molecule has 0 saturated heterocycles. The first kappa shape index (κ1) is 10.9. The van der Waals surface area contributed by atoms with Crippen LogP contribution in [0.1, 0.15) is 34.6 Å². The van der Waals surface area contributed by atoms with Crippen LogP contribution >= 0.6 is 0 Å². The van der Waals surface area contributed by atoms with Crippen LogP contribution in [0.25, 0.3) is 0 Å². The van der Waals surface area contributed by atoms with E-state index in [1.165, 1.54) is 5.57 Å². The third-order valence-electron chi connectivity index (χ3n) is 1.33. The van der Waals surface area contributed by atoms with Gasteiger partial charge in [0.05, 0.1) is 0 Å². The van der Waals surface area contributed by atoms with E-state index in [1.54, 1.807) is 0 Å². The van der Waals surface area contributed by atoms with E-state index >= 15 is 0 Å². The minimum absolute atomic E-state index is 0.0774. The van der Waals surface area contributed by atoms with Crippen LogP contribution in [0, 0.1) is 0 Å². The molecule has 0 rings (SSSR count). The van der Waals surface area contributed by atoms with Gasteiger partial charge in [0.2, 0.25) is 0 Å². The number of rotatable bonds is 2. The second-order valence-corrected chi connectivity index (χ2v) is 6.16. The molecule has 0 bridgehead atoms. The lowest BCUT2D eigenvalue weighted by molar-refractivity contribution is 0.651. The van der Waals surface area contributed by atoms with Gasteiger partial charge in [0.25, 0.3) is 0 Å². The van der Waals surface area contributed by atoms with Crippen molar-refractivity contribution in [3.05, 3.63) is 11.6 Å². The minimum atomic E-state index is -0.734. The number of hydrogen-bond acceptors (Lipinski definition) is 1. The summed E-state index contributed by atoms with van der Waals surface area (Å²) in [6, 6.07) is 0. The van der Waals surface area contributed by atoms with Gasteiger partial charge in [0.15, 0.2) is 0 Å².